The van der Waals surface area contributed by atoms with E-state index in [0.717, 1.165) is 16.1 Å². The number of nitrogen functional groups attached to an aromatic ring is 1. The molecule has 3 N–H and O–H groups in total. The largest absolute Gasteiger partial charge is 0.457 e. The molecule has 0 bridgehead atoms. The first kappa shape index (κ1) is 19.7. The number of nitrogens with two attached hydrogens (primary N) is 1. The highest BCUT2D eigenvalue weighted by atomic mass is 32.1. The summed E-state index contributed by atoms with van der Waals surface area (Å²) >= 11 is 1.58. The Kier molecular flexibility index (Phi) is 5.77. The van der Waals surface area contributed by atoms with Gasteiger partial charge < -0.3 is 15.8 Å². The molecule has 0 fully saturated rings. The van der Waals surface area contributed by atoms with Gasteiger partial charge in [-0.3, -0.25) is 4.79 Å². The number of nitrogens with one attached hydrogen (secondary N) is 1. The van der Waals surface area contributed by atoms with Gasteiger partial charge in [-0.1, -0.05) is 36.4 Å². The summed E-state index contributed by atoms with van der Waals surface area (Å²) in [6.07, 6.45) is 1.78. The van der Waals surface area contributed by atoms with Gasteiger partial charge in [0.05, 0.1) is 11.6 Å². The molecular weight excluding hydrogens is 394 g/mol. The number of carbonyl (C=O) groups excluding carboxylic acids is 1. The molecule has 150 valence electrons. The van der Waals surface area contributed by atoms with Gasteiger partial charge >= 0.3 is 0 Å². The number of benzene rings is 3. The molecule has 4 aromatic rings. The van der Waals surface area contributed by atoms with E-state index in [4.69, 9.17) is 10.5 Å². The van der Waals surface area contributed by atoms with Crippen molar-refractivity contribution < 1.29 is 9.53 Å². The van der Waals surface area contributed by atoms with Crippen LogP contribution in [0.3, 0.4) is 0 Å². The fourth-order valence-electron chi connectivity index (χ4n) is 3.09. The second-order valence-electron chi connectivity index (χ2n) is 6.83. The third-order valence-electron chi connectivity index (χ3n) is 4.63. The average molecular weight is 416 g/mol. The first-order valence-electron chi connectivity index (χ1n) is 9.53. The highest BCUT2D eigenvalue weighted by Crippen LogP contribution is 2.29. The maximum atomic E-state index is 13.0. The van der Waals surface area contributed by atoms with E-state index in [9.17, 15) is 4.79 Å². The summed E-state index contributed by atoms with van der Waals surface area (Å²) in [4.78, 5) is 17.4. The molecule has 1 unspecified atom stereocenters. The standard InChI is InChI=1S/C24H21N3O2S/c1-16(17-6-5-7-18(14-17)24-26-12-13-30-24)27-23(28)21-15-19(25)10-11-22(21)29-20-8-3-2-4-9-20/h2-16H,25H2,1H3,(H,27,28). The van der Waals surface area contributed by atoms with Crippen LogP contribution in [0.25, 0.3) is 10.6 Å². The van der Waals surface area contributed by atoms with Gasteiger partial charge in [0, 0.05) is 22.8 Å². The van der Waals surface area contributed by atoms with Crippen LogP contribution in [0.2, 0.25) is 0 Å². The van der Waals surface area contributed by atoms with Crippen LogP contribution in [-0.4, -0.2) is 10.9 Å². The number of anilines is 1. The van der Waals surface area contributed by atoms with E-state index in [0.29, 0.717) is 22.7 Å². The molecule has 5 nitrogen and oxygen atoms in total. The molecule has 6 heteroatoms. The Labute approximate surface area is 179 Å². The second kappa shape index (κ2) is 8.80. The van der Waals surface area contributed by atoms with E-state index in [-0.39, 0.29) is 11.9 Å². The van der Waals surface area contributed by atoms with E-state index < -0.39 is 0 Å². The van der Waals surface area contributed by atoms with E-state index in [2.05, 4.69) is 10.3 Å². The summed E-state index contributed by atoms with van der Waals surface area (Å²) < 4.78 is 5.92. The summed E-state index contributed by atoms with van der Waals surface area (Å²) in [5.74, 6) is 0.859. The minimum Gasteiger partial charge on any atom is -0.457 e. The maximum absolute atomic E-state index is 13.0. The Morgan fingerprint density at radius 3 is 2.67 bits per heavy atom. The molecule has 0 saturated heterocycles. The lowest BCUT2D eigenvalue weighted by molar-refractivity contribution is 0.0937. The zero-order valence-corrected chi connectivity index (χ0v) is 17.2. The molecule has 0 aliphatic carbocycles. The molecule has 1 atom stereocenters. The van der Waals surface area contributed by atoms with Gasteiger partial charge in [-0.05, 0) is 48.9 Å². The van der Waals surface area contributed by atoms with Gasteiger partial charge in [0.25, 0.3) is 5.91 Å². The fourth-order valence-corrected chi connectivity index (χ4v) is 3.73. The number of rotatable bonds is 6. The number of nitrogens with zero attached hydrogens (tertiary/aromatic N) is 1. The number of ether oxygens (including phenoxy) is 1. The zero-order valence-electron chi connectivity index (χ0n) is 16.4. The van der Waals surface area contributed by atoms with Crippen molar-refractivity contribution in [2.24, 2.45) is 0 Å². The van der Waals surface area contributed by atoms with Crippen molar-refractivity contribution in [1.82, 2.24) is 10.3 Å². The molecule has 1 heterocycles. The normalized spacial score (nSPS) is 11.6. The van der Waals surface area contributed by atoms with Crippen LogP contribution in [0.1, 0.15) is 28.9 Å². The van der Waals surface area contributed by atoms with Gasteiger partial charge in [-0.25, -0.2) is 4.98 Å². The SMILES string of the molecule is CC(NC(=O)c1cc(N)ccc1Oc1ccccc1)c1cccc(-c2nccs2)c1. The molecule has 1 amide bonds. The number of hydrogen-bond acceptors (Lipinski definition) is 5. The average Bonchev–Trinajstić information content (AvgIpc) is 3.31. The molecule has 3 aromatic carbocycles. The van der Waals surface area contributed by atoms with Crippen molar-refractivity contribution in [3.05, 3.63) is 95.5 Å². The van der Waals surface area contributed by atoms with E-state index in [1.807, 2.05) is 66.9 Å². The number of thiazole rings is 1. The van der Waals surface area contributed by atoms with Gasteiger partial charge in [0.1, 0.15) is 16.5 Å². The van der Waals surface area contributed by atoms with Crippen molar-refractivity contribution in [2.75, 3.05) is 5.73 Å². The van der Waals surface area contributed by atoms with Crippen molar-refractivity contribution >= 4 is 22.9 Å². The molecule has 0 aliphatic heterocycles. The molecule has 1 aromatic heterocycles. The van der Waals surface area contributed by atoms with Crippen molar-refractivity contribution in [3.8, 4) is 22.1 Å². The van der Waals surface area contributed by atoms with Crippen molar-refractivity contribution in [2.45, 2.75) is 13.0 Å². The summed E-state index contributed by atoms with van der Waals surface area (Å²) in [5.41, 5.74) is 8.84. The van der Waals surface area contributed by atoms with Crippen LogP contribution in [0, 0.1) is 0 Å². The number of para-hydroxylation sites is 1. The zero-order chi connectivity index (χ0) is 20.9. The Hall–Kier alpha value is -3.64. The van der Waals surface area contributed by atoms with Crippen molar-refractivity contribution in [1.29, 1.82) is 0 Å². The number of carbonyl (C=O) groups is 1. The lowest BCUT2D eigenvalue weighted by Crippen LogP contribution is -2.27. The van der Waals surface area contributed by atoms with Crippen LogP contribution < -0.4 is 15.8 Å². The van der Waals surface area contributed by atoms with E-state index in [1.54, 1.807) is 35.7 Å². The van der Waals surface area contributed by atoms with Crippen LogP contribution in [-0.2, 0) is 0 Å². The Morgan fingerprint density at radius 1 is 1.07 bits per heavy atom. The van der Waals surface area contributed by atoms with Crippen LogP contribution in [0.15, 0.2) is 84.4 Å². The first-order valence-corrected chi connectivity index (χ1v) is 10.4. The molecule has 0 spiro atoms. The first-order chi connectivity index (χ1) is 14.6. The van der Waals surface area contributed by atoms with Gasteiger partial charge in [0.15, 0.2) is 0 Å². The highest BCUT2D eigenvalue weighted by Gasteiger charge is 2.17. The minimum absolute atomic E-state index is 0.205. The summed E-state index contributed by atoms with van der Waals surface area (Å²) in [7, 11) is 0. The van der Waals surface area contributed by atoms with Crippen molar-refractivity contribution in [3.63, 3.8) is 0 Å². The van der Waals surface area contributed by atoms with Crippen LogP contribution in [0.5, 0.6) is 11.5 Å². The maximum Gasteiger partial charge on any atom is 0.255 e. The lowest BCUT2D eigenvalue weighted by atomic mass is 10.0. The Balaban J connectivity index is 1.55. The number of aromatic nitrogens is 1. The third kappa shape index (κ3) is 4.50. The monoisotopic (exact) mass is 415 g/mol. The second-order valence-corrected chi connectivity index (χ2v) is 7.72. The molecule has 4 rings (SSSR count). The van der Waals surface area contributed by atoms with Gasteiger partial charge in [-0.15, -0.1) is 11.3 Å². The van der Waals surface area contributed by atoms with Gasteiger partial charge in [0.2, 0.25) is 0 Å². The molecule has 0 saturated carbocycles. The predicted molar refractivity (Wildman–Crippen MR) is 121 cm³/mol. The topological polar surface area (TPSA) is 77.2 Å². The lowest BCUT2D eigenvalue weighted by Gasteiger charge is -2.17. The summed E-state index contributed by atoms with van der Waals surface area (Å²) in [6, 6.07) is 22.2. The van der Waals surface area contributed by atoms with E-state index >= 15 is 0 Å². The smallest absolute Gasteiger partial charge is 0.255 e. The Morgan fingerprint density at radius 2 is 1.90 bits per heavy atom. The molecule has 0 aliphatic rings. The minimum atomic E-state index is -0.250. The van der Waals surface area contributed by atoms with Crippen LogP contribution in [0.4, 0.5) is 5.69 Å². The van der Waals surface area contributed by atoms with Crippen LogP contribution >= 0.6 is 11.3 Å². The number of amides is 1. The number of hydrogen-bond donors (Lipinski definition) is 2. The van der Waals surface area contributed by atoms with Gasteiger partial charge in [-0.2, -0.15) is 0 Å². The third-order valence-corrected chi connectivity index (χ3v) is 5.45. The highest BCUT2D eigenvalue weighted by molar-refractivity contribution is 7.13. The Bertz CT molecular complexity index is 1140. The molecule has 30 heavy (non-hydrogen) atoms. The molecular formula is C24H21N3O2S. The quantitative estimate of drug-likeness (QED) is 0.398. The molecule has 0 radical (unpaired) electrons. The predicted octanol–water partition coefficient (Wildman–Crippen LogP) is 5.68. The summed E-state index contributed by atoms with van der Waals surface area (Å²) in [5, 5.41) is 5.94. The van der Waals surface area contributed by atoms with E-state index in [1.165, 1.54) is 0 Å². The summed E-state index contributed by atoms with van der Waals surface area (Å²) in [6.45, 7) is 1.95. The fraction of sp³-hybridized carbons (Fsp3) is 0.0833.